The first-order valence-corrected chi connectivity index (χ1v) is 4.61. The molecule has 0 aromatic carbocycles. The third-order valence-electron chi connectivity index (χ3n) is 2.02. The summed E-state index contributed by atoms with van der Waals surface area (Å²) in [5, 5.41) is 20.1. The number of hydrogen-bond acceptors (Lipinski definition) is 3. The molecule has 0 aliphatic rings. The van der Waals surface area contributed by atoms with Crippen LogP contribution in [0.4, 0.5) is 0 Å². The summed E-state index contributed by atoms with van der Waals surface area (Å²) in [6.07, 6.45) is 0.367. The van der Waals surface area contributed by atoms with Gasteiger partial charge in [0.2, 0.25) is 0 Å². The van der Waals surface area contributed by atoms with Gasteiger partial charge >= 0.3 is 11.9 Å². The molecule has 0 aromatic heterocycles. The predicted octanol–water partition coefficient (Wildman–Crippen LogP) is 0.548. The van der Waals surface area contributed by atoms with E-state index >= 15 is 0 Å². The normalized spacial score (nSPS) is 15.1. The lowest BCUT2D eigenvalue weighted by Crippen LogP contribution is -2.49. The maximum atomic E-state index is 10.8. The van der Waals surface area contributed by atoms with Crippen molar-refractivity contribution in [3.63, 3.8) is 0 Å². The molecule has 0 saturated carbocycles. The molecule has 0 spiro atoms. The van der Waals surface area contributed by atoms with Crippen LogP contribution in [0, 0.1) is 5.92 Å². The third kappa shape index (κ3) is 3.74. The Bertz CT molecular complexity index is 215. The molecular weight excluding hydrogens is 186 g/mol. The van der Waals surface area contributed by atoms with Gasteiger partial charge in [0.25, 0.3) is 0 Å². The molecular formula is C9H17NO4. The summed E-state index contributed by atoms with van der Waals surface area (Å²) in [5.74, 6) is -2.17. The van der Waals surface area contributed by atoms with Crippen molar-refractivity contribution in [3.05, 3.63) is 0 Å². The van der Waals surface area contributed by atoms with Crippen molar-refractivity contribution in [1.29, 1.82) is 0 Å². The summed E-state index contributed by atoms with van der Waals surface area (Å²) in [6, 6.07) is -1.60. The van der Waals surface area contributed by atoms with Crippen molar-refractivity contribution >= 4 is 11.9 Å². The Morgan fingerprint density at radius 1 is 1.21 bits per heavy atom. The summed E-state index contributed by atoms with van der Waals surface area (Å²) in [5.41, 5.74) is 0. The zero-order chi connectivity index (χ0) is 11.3. The van der Waals surface area contributed by atoms with E-state index in [0.717, 1.165) is 0 Å². The standard InChI is InChI=1S/C9H17NO4/c1-4-6(8(11)12)10-7(5(2)3)9(13)14/h5-7,10H,4H2,1-3H3,(H,11,12)(H,13,14)/t6?,7-/m0/s1. The summed E-state index contributed by atoms with van der Waals surface area (Å²) in [7, 11) is 0. The Morgan fingerprint density at radius 2 is 1.71 bits per heavy atom. The second kappa shape index (κ2) is 5.59. The number of aliphatic carboxylic acids is 2. The summed E-state index contributed by atoms with van der Waals surface area (Å²) < 4.78 is 0. The van der Waals surface area contributed by atoms with Gasteiger partial charge in [0.15, 0.2) is 0 Å². The van der Waals surface area contributed by atoms with E-state index in [2.05, 4.69) is 5.32 Å². The third-order valence-corrected chi connectivity index (χ3v) is 2.02. The lowest BCUT2D eigenvalue weighted by atomic mass is 10.0. The molecule has 2 atom stereocenters. The van der Waals surface area contributed by atoms with Crippen LogP contribution in [0.2, 0.25) is 0 Å². The average Bonchev–Trinajstić information content (AvgIpc) is 2.03. The number of hydrogen-bond donors (Lipinski definition) is 3. The van der Waals surface area contributed by atoms with Crippen molar-refractivity contribution in [2.24, 2.45) is 5.92 Å². The number of rotatable bonds is 6. The molecule has 0 heterocycles. The van der Waals surface area contributed by atoms with Crippen LogP contribution in [-0.2, 0) is 9.59 Å². The summed E-state index contributed by atoms with van der Waals surface area (Å²) in [6.45, 7) is 5.17. The Balaban J connectivity index is 4.41. The van der Waals surface area contributed by atoms with Crippen molar-refractivity contribution in [2.75, 3.05) is 0 Å². The number of carbonyl (C=O) groups is 2. The Kier molecular flexibility index (Phi) is 5.15. The molecule has 3 N–H and O–H groups in total. The SMILES string of the molecule is CCC(N[C@H](C(=O)O)C(C)C)C(=O)O. The maximum absolute atomic E-state index is 10.8. The van der Waals surface area contributed by atoms with Crippen LogP contribution in [0.15, 0.2) is 0 Å². The van der Waals surface area contributed by atoms with Crippen LogP contribution in [0.1, 0.15) is 27.2 Å². The molecule has 0 bridgehead atoms. The molecule has 0 fully saturated rings. The van der Waals surface area contributed by atoms with Gasteiger partial charge in [-0.25, -0.2) is 0 Å². The lowest BCUT2D eigenvalue weighted by Gasteiger charge is -2.21. The zero-order valence-corrected chi connectivity index (χ0v) is 8.65. The van der Waals surface area contributed by atoms with Gasteiger partial charge < -0.3 is 10.2 Å². The molecule has 5 nitrogen and oxygen atoms in total. The van der Waals surface area contributed by atoms with Crippen LogP contribution in [0.25, 0.3) is 0 Å². The Hall–Kier alpha value is -1.10. The van der Waals surface area contributed by atoms with Gasteiger partial charge in [0.1, 0.15) is 12.1 Å². The highest BCUT2D eigenvalue weighted by atomic mass is 16.4. The van der Waals surface area contributed by atoms with Gasteiger partial charge in [0, 0.05) is 0 Å². The van der Waals surface area contributed by atoms with Crippen molar-refractivity contribution in [1.82, 2.24) is 5.32 Å². The smallest absolute Gasteiger partial charge is 0.320 e. The Labute approximate surface area is 83.1 Å². The van der Waals surface area contributed by atoms with Crippen molar-refractivity contribution < 1.29 is 19.8 Å². The molecule has 14 heavy (non-hydrogen) atoms. The van der Waals surface area contributed by atoms with Crippen LogP contribution in [0.3, 0.4) is 0 Å². The van der Waals surface area contributed by atoms with Crippen LogP contribution in [-0.4, -0.2) is 34.2 Å². The van der Waals surface area contributed by atoms with Gasteiger partial charge in [0.05, 0.1) is 0 Å². The molecule has 0 aliphatic carbocycles. The van der Waals surface area contributed by atoms with Gasteiger partial charge in [-0.3, -0.25) is 14.9 Å². The minimum atomic E-state index is -1.01. The van der Waals surface area contributed by atoms with E-state index in [1.165, 1.54) is 0 Å². The van der Waals surface area contributed by atoms with Crippen LogP contribution in [0.5, 0.6) is 0 Å². The molecule has 0 aromatic rings. The van der Waals surface area contributed by atoms with Crippen LogP contribution < -0.4 is 5.32 Å². The van der Waals surface area contributed by atoms with E-state index < -0.39 is 24.0 Å². The number of carboxylic acid groups (broad SMARTS) is 2. The fourth-order valence-corrected chi connectivity index (χ4v) is 1.13. The van der Waals surface area contributed by atoms with Gasteiger partial charge in [-0.2, -0.15) is 0 Å². The second-order valence-corrected chi connectivity index (χ2v) is 3.53. The largest absolute Gasteiger partial charge is 0.480 e. The minimum absolute atomic E-state index is 0.138. The van der Waals surface area contributed by atoms with E-state index in [0.29, 0.717) is 6.42 Å². The molecule has 0 saturated heterocycles. The average molecular weight is 203 g/mol. The summed E-state index contributed by atoms with van der Waals surface area (Å²) in [4.78, 5) is 21.4. The molecule has 5 heteroatoms. The van der Waals surface area contributed by atoms with Crippen molar-refractivity contribution in [3.8, 4) is 0 Å². The van der Waals surface area contributed by atoms with Crippen molar-refractivity contribution in [2.45, 2.75) is 39.3 Å². The highest BCUT2D eigenvalue weighted by Crippen LogP contribution is 2.04. The molecule has 1 unspecified atom stereocenters. The monoisotopic (exact) mass is 203 g/mol. The first-order valence-electron chi connectivity index (χ1n) is 4.61. The topological polar surface area (TPSA) is 86.6 Å². The first-order chi connectivity index (χ1) is 6.40. The minimum Gasteiger partial charge on any atom is -0.480 e. The first kappa shape index (κ1) is 12.9. The van der Waals surface area contributed by atoms with E-state index in [1.807, 2.05) is 0 Å². The maximum Gasteiger partial charge on any atom is 0.320 e. The number of nitrogens with one attached hydrogen (secondary N) is 1. The van der Waals surface area contributed by atoms with Gasteiger partial charge in [-0.1, -0.05) is 20.8 Å². The van der Waals surface area contributed by atoms with E-state index in [9.17, 15) is 9.59 Å². The highest BCUT2D eigenvalue weighted by Gasteiger charge is 2.26. The van der Waals surface area contributed by atoms with E-state index in [-0.39, 0.29) is 5.92 Å². The van der Waals surface area contributed by atoms with E-state index in [1.54, 1.807) is 20.8 Å². The fourth-order valence-electron chi connectivity index (χ4n) is 1.13. The van der Waals surface area contributed by atoms with Crippen LogP contribution >= 0.6 is 0 Å². The number of carboxylic acids is 2. The fraction of sp³-hybridized carbons (Fsp3) is 0.778. The highest BCUT2D eigenvalue weighted by molar-refractivity contribution is 5.77. The quantitative estimate of drug-likeness (QED) is 0.586. The molecule has 0 radical (unpaired) electrons. The molecule has 0 rings (SSSR count). The zero-order valence-electron chi connectivity index (χ0n) is 8.65. The van der Waals surface area contributed by atoms with E-state index in [4.69, 9.17) is 10.2 Å². The molecule has 0 aliphatic heterocycles. The molecule has 0 amide bonds. The summed E-state index contributed by atoms with van der Waals surface area (Å²) >= 11 is 0. The Morgan fingerprint density at radius 3 is 1.93 bits per heavy atom. The predicted molar refractivity (Wildman–Crippen MR) is 51.1 cm³/mol. The molecule has 82 valence electrons. The second-order valence-electron chi connectivity index (χ2n) is 3.53. The van der Waals surface area contributed by atoms with Gasteiger partial charge in [-0.15, -0.1) is 0 Å². The van der Waals surface area contributed by atoms with Gasteiger partial charge in [-0.05, 0) is 12.3 Å². The lowest BCUT2D eigenvalue weighted by molar-refractivity contribution is -0.143.